The van der Waals surface area contributed by atoms with Crippen molar-refractivity contribution in [2.24, 2.45) is 0 Å². The molecule has 1 aromatic rings. The Balaban J connectivity index is 2.87. The molecule has 0 spiro atoms. The molecule has 0 saturated carbocycles. The third-order valence-corrected chi connectivity index (χ3v) is 3.55. The lowest BCUT2D eigenvalue weighted by Gasteiger charge is -2.22. The van der Waals surface area contributed by atoms with Crippen LogP contribution in [-0.2, 0) is 4.74 Å². The van der Waals surface area contributed by atoms with Gasteiger partial charge in [0.1, 0.15) is 0 Å². The van der Waals surface area contributed by atoms with Crippen molar-refractivity contribution < 1.29 is 9.53 Å². The van der Waals surface area contributed by atoms with Gasteiger partial charge in [0.15, 0.2) is 0 Å². The molecule has 3 N–H and O–H groups in total. The lowest BCUT2D eigenvalue weighted by molar-refractivity contribution is 0.0527. The van der Waals surface area contributed by atoms with Crippen molar-refractivity contribution in [3.05, 3.63) is 22.7 Å². The predicted molar refractivity (Wildman–Crippen MR) is 88.1 cm³/mol. The molecule has 5 nitrogen and oxygen atoms in total. The lowest BCUT2D eigenvalue weighted by Crippen LogP contribution is -2.31. The molecule has 0 fully saturated rings. The lowest BCUT2D eigenvalue weighted by atomic mass is 10.1. The molecule has 0 amide bonds. The van der Waals surface area contributed by atoms with E-state index in [1.165, 1.54) is 0 Å². The van der Waals surface area contributed by atoms with E-state index in [-0.39, 0.29) is 0 Å². The summed E-state index contributed by atoms with van der Waals surface area (Å²) < 4.78 is 5.04. The number of carbonyl (C=O) groups is 1. The Bertz CT molecular complexity index is 492. The van der Waals surface area contributed by atoms with Crippen molar-refractivity contribution in [1.82, 2.24) is 4.90 Å². The maximum Gasteiger partial charge on any atom is 0.340 e. The zero-order valence-electron chi connectivity index (χ0n) is 13.1. The van der Waals surface area contributed by atoms with Crippen molar-refractivity contribution in [3.8, 4) is 0 Å². The van der Waals surface area contributed by atoms with Gasteiger partial charge in [-0.3, -0.25) is 0 Å². The first kappa shape index (κ1) is 17.6. The normalized spacial score (nSPS) is 11.0. The topological polar surface area (TPSA) is 67.6 Å². The fourth-order valence-electron chi connectivity index (χ4n) is 1.79. The van der Waals surface area contributed by atoms with Gasteiger partial charge in [-0.15, -0.1) is 0 Å². The van der Waals surface area contributed by atoms with Gasteiger partial charge in [0, 0.05) is 24.8 Å². The number of hydrogen-bond donors (Lipinski definition) is 2. The van der Waals surface area contributed by atoms with E-state index in [1.807, 2.05) is 7.05 Å². The van der Waals surface area contributed by atoms with Crippen LogP contribution in [0.4, 0.5) is 11.4 Å². The summed E-state index contributed by atoms with van der Waals surface area (Å²) >= 11 is 6.19. The summed E-state index contributed by atoms with van der Waals surface area (Å²) in [5.41, 5.74) is 7.13. The smallest absolute Gasteiger partial charge is 0.340 e. The number of hydrogen-bond acceptors (Lipinski definition) is 5. The molecule has 0 aliphatic heterocycles. The minimum atomic E-state index is -0.425. The van der Waals surface area contributed by atoms with Crippen molar-refractivity contribution in [2.45, 2.75) is 26.8 Å². The van der Waals surface area contributed by atoms with Crippen molar-refractivity contribution >= 4 is 28.9 Å². The number of ether oxygens (including phenoxy) is 1. The molecular formula is C15H24ClN3O2. The Morgan fingerprint density at radius 3 is 2.71 bits per heavy atom. The number of carbonyl (C=O) groups excluding carboxylic acids is 1. The standard InChI is InChI=1S/C15H24ClN3O2/c1-5-21-15(20)12-8-11(17)9-13(16)14(12)18-6-7-19(4)10(2)3/h8-10,18H,5-7,17H2,1-4H3. The first-order valence-electron chi connectivity index (χ1n) is 7.07. The number of benzene rings is 1. The zero-order chi connectivity index (χ0) is 16.0. The van der Waals surface area contributed by atoms with Crippen LogP contribution in [0.3, 0.4) is 0 Å². The first-order valence-corrected chi connectivity index (χ1v) is 7.44. The second kappa shape index (κ2) is 8.10. The summed E-state index contributed by atoms with van der Waals surface area (Å²) in [5.74, 6) is -0.425. The van der Waals surface area contributed by atoms with Crippen LogP contribution in [-0.4, -0.2) is 43.7 Å². The first-order chi connectivity index (χ1) is 9.86. The van der Waals surface area contributed by atoms with Gasteiger partial charge in [0.25, 0.3) is 0 Å². The van der Waals surface area contributed by atoms with Gasteiger partial charge in [-0.25, -0.2) is 4.79 Å². The Labute approximate surface area is 131 Å². The summed E-state index contributed by atoms with van der Waals surface area (Å²) in [6.07, 6.45) is 0. The molecular weight excluding hydrogens is 290 g/mol. The Morgan fingerprint density at radius 2 is 2.14 bits per heavy atom. The maximum absolute atomic E-state index is 12.0. The molecule has 0 atom stereocenters. The number of esters is 1. The summed E-state index contributed by atoms with van der Waals surface area (Å²) in [5, 5.41) is 3.63. The third kappa shape index (κ3) is 5.10. The van der Waals surface area contributed by atoms with E-state index >= 15 is 0 Å². The number of anilines is 2. The largest absolute Gasteiger partial charge is 0.462 e. The number of halogens is 1. The second-order valence-electron chi connectivity index (χ2n) is 5.15. The van der Waals surface area contributed by atoms with Crippen LogP contribution in [0.1, 0.15) is 31.1 Å². The van der Waals surface area contributed by atoms with E-state index < -0.39 is 5.97 Å². The summed E-state index contributed by atoms with van der Waals surface area (Å²) in [7, 11) is 2.04. The molecule has 0 unspecified atom stereocenters. The van der Waals surface area contributed by atoms with E-state index in [4.69, 9.17) is 22.1 Å². The molecule has 0 aliphatic carbocycles. The highest BCUT2D eigenvalue weighted by Gasteiger charge is 2.16. The molecule has 0 bridgehead atoms. The maximum atomic E-state index is 12.0. The van der Waals surface area contributed by atoms with E-state index in [9.17, 15) is 4.79 Å². The second-order valence-corrected chi connectivity index (χ2v) is 5.55. The molecule has 0 radical (unpaired) electrons. The molecule has 1 rings (SSSR count). The van der Waals surface area contributed by atoms with Gasteiger partial charge in [0.2, 0.25) is 0 Å². The molecule has 0 aromatic heterocycles. The van der Waals surface area contributed by atoms with Gasteiger partial charge >= 0.3 is 5.97 Å². The van der Waals surface area contributed by atoms with Gasteiger partial charge in [-0.1, -0.05) is 11.6 Å². The van der Waals surface area contributed by atoms with Gasteiger partial charge in [-0.2, -0.15) is 0 Å². The minimum absolute atomic E-state index is 0.306. The van der Waals surface area contributed by atoms with E-state index in [2.05, 4.69) is 24.1 Å². The van der Waals surface area contributed by atoms with Crippen LogP contribution in [0.2, 0.25) is 5.02 Å². The highest BCUT2D eigenvalue weighted by Crippen LogP contribution is 2.29. The SMILES string of the molecule is CCOC(=O)c1cc(N)cc(Cl)c1NCCN(C)C(C)C. The van der Waals surface area contributed by atoms with Crippen molar-refractivity contribution in [2.75, 3.05) is 37.8 Å². The average molecular weight is 314 g/mol. The predicted octanol–water partition coefficient (Wildman–Crippen LogP) is 2.85. The third-order valence-electron chi connectivity index (χ3n) is 3.26. The van der Waals surface area contributed by atoms with E-state index in [1.54, 1.807) is 19.1 Å². The van der Waals surface area contributed by atoms with Gasteiger partial charge < -0.3 is 20.7 Å². The monoisotopic (exact) mass is 313 g/mol. The molecule has 21 heavy (non-hydrogen) atoms. The van der Waals surface area contributed by atoms with Gasteiger partial charge in [-0.05, 0) is 40.0 Å². The van der Waals surface area contributed by atoms with E-state index in [0.29, 0.717) is 41.2 Å². The van der Waals surface area contributed by atoms with Crippen LogP contribution in [0, 0.1) is 0 Å². The van der Waals surface area contributed by atoms with E-state index in [0.717, 1.165) is 6.54 Å². The number of nitrogens with zero attached hydrogens (tertiary/aromatic N) is 1. The fraction of sp³-hybridized carbons (Fsp3) is 0.533. The van der Waals surface area contributed by atoms with Crippen LogP contribution < -0.4 is 11.1 Å². The highest BCUT2D eigenvalue weighted by molar-refractivity contribution is 6.34. The number of rotatable bonds is 7. The number of nitrogens with two attached hydrogens (primary N) is 1. The number of nitrogen functional groups attached to an aromatic ring is 1. The molecule has 0 heterocycles. The molecule has 118 valence electrons. The van der Waals surface area contributed by atoms with Crippen LogP contribution in [0.15, 0.2) is 12.1 Å². The average Bonchev–Trinajstić information content (AvgIpc) is 2.40. The van der Waals surface area contributed by atoms with Crippen LogP contribution >= 0.6 is 11.6 Å². The number of nitrogens with one attached hydrogen (secondary N) is 1. The zero-order valence-corrected chi connectivity index (χ0v) is 13.8. The molecule has 0 saturated heterocycles. The molecule has 1 aromatic carbocycles. The fourth-order valence-corrected chi connectivity index (χ4v) is 2.09. The minimum Gasteiger partial charge on any atom is -0.462 e. The van der Waals surface area contributed by atoms with Crippen molar-refractivity contribution in [3.63, 3.8) is 0 Å². The summed E-state index contributed by atoms with van der Waals surface area (Å²) in [6, 6.07) is 3.66. The highest BCUT2D eigenvalue weighted by atomic mass is 35.5. The van der Waals surface area contributed by atoms with Crippen LogP contribution in [0.25, 0.3) is 0 Å². The van der Waals surface area contributed by atoms with Gasteiger partial charge in [0.05, 0.1) is 22.9 Å². The Morgan fingerprint density at radius 1 is 1.48 bits per heavy atom. The summed E-state index contributed by atoms with van der Waals surface area (Å²) in [6.45, 7) is 7.82. The molecule has 6 heteroatoms. The molecule has 0 aliphatic rings. The summed E-state index contributed by atoms with van der Waals surface area (Å²) in [4.78, 5) is 14.2. The number of likely N-dealkylation sites (N-methyl/N-ethyl adjacent to an activating group) is 1. The Hall–Kier alpha value is -1.46. The quantitative estimate of drug-likeness (QED) is 0.598. The van der Waals surface area contributed by atoms with Crippen LogP contribution in [0.5, 0.6) is 0 Å². The van der Waals surface area contributed by atoms with Crippen molar-refractivity contribution in [1.29, 1.82) is 0 Å². The Kier molecular flexibility index (Phi) is 6.78.